The summed E-state index contributed by atoms with van der Waals surface area (Å²) in [5, 5.41) is 11.4. The van der Waals surface area contributed by atoms with Gasteiger partial charge in [0.25, 0.3) is 0 Å². The Morgan fingerprint density at radius 2 is 2.15 bits per heavy atom. The van der Waals surface area contributed by atoms with Gasteiger partial charge in [-0.1, -0.05) is 17.3 Å². The number of amides is 1. The zero-order valence-corrected chi connectivity index (χ0v) is 11.9. The molecule has 0 unspecified atom stereocenters. The average molecular weight is 287 g/mol. The number of fused-ring (bicyclic) bond motifs is 1. The van der Waals surface area contributed by atoms with Crippen LogP contribution in [0, 0.1) is 13.8 Å². The molecular weight excluding hydrogens is 274 g/mol. The van der Waals surface area contributed by atoms with Gasteiger partial charge in [-0.05, 0) is 26.0 Å². The van der Waals surface area contributed by atoms with E-state index < -0.39 is 0 Å². The summed E-state index contributed by atoms with van der Waals surface area (Å²) < 4.78 is 1.58. The molecule has 0 aliphatic heterocycles. The molecule has 1 amide bonds. The van der Waals surface area contributed by atoms with Gasteiger partial charge in [0.15, 0.2) is 5.13 Å². The van der Waals surface area contributed by atoms with E-state index in [1.165, 1.54) is 11.3 Å². The van der Waals surface area contributed by atoms with E-state index in [0.29, 0.717) is 5.13 Å². The van der Waals surface area contributed by atoms with Gasteiger partial charge >= 0.3 is 0 Å². The van der Waals surface area contributed by atoms with Crippen molar-refractivity contribution in [1.82, 2.24) is 20.0 Å². The van der Waals surface area contributed by atoms with Crippen LogP contribution in [0.5, 0.6) is 0 Å². The number of aromatic nitrogens is 4. The first-order valence-corrected chi connectivity index (χ1v) is 6.97. The summed E-state index contributed by atoms with van der Waals surface area (Å²) in [7, 11) is 0. The van der Waals surface area contributed by atoms with E-state index >= 15 is 0 Å². The smallest absolute Gasteiger partial charge is 0.247 e. The predicted octanol–water partition coefficient (Wildman–Crippen LogP) is 2.14. The van der Waals surface area contributed by atoms with Crippen LogP contribution in [-0.4, -0.2) is 25.9 Å². The minimum absolute atomic E-state index is 0.123. The Morgan fingerprint density at radius 1 is 1.35 bits per heavy atom. The molecule has 2 aromatic heterocycles. The van der Waals surface area contributed by atoms with Crippen molar-refractivity contribution in [1.29, 1.82) is 0 Å². The fourth-order valence-electron chi connectivity index (χ4n) is 1.86. The molecule has 0 saturated carbocycles. The van der Waals surface area contributed by atoms with Gasteiger partial charge in [-0.15, -0.1) is 16.4 Å². The number of nitrogens with zero attached hydrogens (tertiary/aromatic N) is 4. The first-order valence-electron chi connectivity index (χ1n) is 6.15. The summed E-state index contributed by atoms with van der Waals surface area (Å²) in [5.74, 6) is -0.158. The molecule has 2 heterocycles. The molecule has 0 radical (unpaired) electrons. The van der Waals surface area contributed by atoms with Crippen LogP contribution in [-0.2, 0) is 11.3 Å². The minimum Gasteiger partial charge on any atom is -0.300 e. The van der Waals surface area contributed by atoms with E-state index in [0.717, 1.165) is 21.6 Å². The fraction of sp³-hybridized carbons (Fsp3) is 0.231. The van der Waals surface area contributed by atoms with Crippen LogP contribution in [0.4, 0.5) is 5.13 Å². The van der Waals surface area contributed by atoms with E-state index in [-0.39, 0.29) is 12.5 Å². The number of rotatable bonds is 3. The number of carbonyl (C=O) groups excluding carboxylic acids is 1. The molecule has 0 spiro atoms. The van der Waals surface area contributed by atoms with Crippen molar-refractivity contribution in [3.05, 3.63) is 34.8 Å². The van der Waals surface area contributed by atoms with Crippen molar-refractivity contribution in [2.45, 2.75) is 20.4 Å². The van der Waals surface area contributed by atoms with Crippen LogP contribution in [0.1, 0.15) is 10.6 Å². The largest absolute Gasteiger partial charge is 0.300 e. The Labute approximate surface area is 119 Å². The maximum Gasteiger partial charge on any atom is 0.247 e. The monoisotopic (exact) mass is 287 g/mol. The molecule has 6 nitrogen and oxygen atoms in total. The van der Waals surface area contributed by atoms with E-state index in [2.05, 4.69) is 20.6 Å². The van der Waals surface area contributed by atoms with Crippen LogP contribution in [0.3, 0.4) is 0 Å². The third-order valence-corrected chi connectivity index (χ3v) is 3.98. The summed E-state index contributed by atoms with van der Waals surface area (Å²) in [6.07, 6.45) is 0. The van der Waals surface area contributed by atoms with Crippen molar-refractivity contribution in [2.24, 2.45) is 0 Å². The molecule has 0 aliphatic rings. The van der Waals surface area contributed by atoms with E-state index in [1.54, 1.807) is 4.68 Å². The third kappa shape index (κ3) is 2.39. The summed E-state index contributed by atoms with van der Waals surface area (Å²) in [6.45, 7) is 4.03. The lowest BCUT2D eigenvalue weighted by atomic mass is 10.3. The molecule has 0 fully saturated rings. The Balaban J connectivity index is 1.76. The van der Waals surface area contributed by atoms with E-state index in [9.17, 15) is 4.79 Å². The second kappa shape index (κ2) is 5.01. The maximum atomic E-state index is 12.0. The molecule has 0 bridgehead atoms. The maximum absolute atomic E-state index is 12.0. The summed E-state index contributed by atoms with van der Waals surface area (Å²) in [6, 6.07) is 7.54. The van der Waals surface area contributed by atoms with Gasteiger partial charge in [-0.25, -0.2) is 9.67 Å². The van der Waals surface area contributed by atoms with Crippen molar-refractivity contribution in [2.75, 3.05) is 5.32 Å². The number of hydrogen-bond donors (Lipinski definition) is 1. The van der Waals surface area contributed by atoms with Crippen molar-refractivity contribution < 1.29 is 4.79 Å². The Bertz CT molecular complexity index is 757. The minimum atomic E-state index is -0.158. The predicted molar refractivity (Wildman–Crippen MR) is 77.7 cm³/mol. The molecule has 0 saturated heterocycles. The zero-order valence-electron chi connectivity index (χ0n) is 11.1. The van der Waals surface area contributed by atoms with Gasteiger partial charge in [0.2, 0.25) is 5.91 Å². The van der Waals surface area contributed by atoms with Crippen molar-refractivity contribution in [3.63, 3.8) is 0 Å². The van der Waals surface area contributed by atoms with E-state index in [4.69, 9.17) is 0 Å². The highest BCUT2D eigenvalue weighted by molar-refractivity contribution is 7.15. The van der Waals surface area contributed by atoms with Crippen molar-refractivity contribution >= 4 is 33.4 Å². The van der Waals surface area contributed by atoms with Crippen LogP contribution in [0.15, 0.2) is 24.3 Å². The number of thiazole rings is 1. The molecule has 7 heteroatoms. The van der Waals surface area contributed by atoms with Crippen LogP contribution >= 0.6 is 11.3 Å². The normalized spacial score (nSPS) is 10.9. The number of benzene rings is 1. The lowest BCUT2D eigenvalue weighted by molar-refractivity contribution is -0.116. The molecule has 20 heavy (non-hydrogen) atoms. The number of hydrogen-bond acceptors (Lipinski definition) is 5. The lowest BCUT2D eigenvalue weighted by Crippen LogP contribution is -2.19. The number of anilines is 1. The molecule has 0 aliphatic carbocycles. The highest BCUT2D eigenvalue weighted by Crippen LogP contribution is 2.21. The zero-order chi connectivity index (χ0) is 14.1. The topological polar surface area (TPSA) is 72.7 Å². The third-order valence-electron chi connectivity index (χ3n) is 2.99. The van der Waals surface area contributed by atoms with Crippen LogP contribution in [0.25, 0.3) is 11.0 Å². The first-order chi connectivity index (χ1) is 9.63. The molecule has 3 aromatic rings. The van der Waals surface area contributed by atoms with Gasteiger partial charge in [-0.3, -0.25) is 4.79 Å². The molecule has 102 valence electrons. The fourth-order valence-corrected chi connectivity index (χ4v) is 2.69. The molecular formula is C13H13N5OS. The Morgan fingerprint density at radius 3 is 2.90 bits per heavy atom. The van der Waals surface area contributed by atoms with Gasteiger partial charge in [0, 0.05) is 4.88 Å². The second-order valence-corrected chi connectivity index (χ2v) is 5.65. The average Bonchev–Trinajstić information content (AvgIpc) is 2.95. The second-order valence-electron chi connectivity index (χ2n) is 4.44. The Kier molecular flexibility index (Phi) is 3.19. The van der Waals surface area contributed by atoms with Crippen LogP contribution in [0.2, 0.25) is 0 Å². The number of carbonyl (C=O) groups is 1. The molecule has 0 atom stereocenters. The Hall–Kier alpha value is -2.28. The van der Waals surface area contributed by atoms with Gasteiger partial charge in [-0.2, -0.15) is 0 Å². The van der Waals surface area contributed by atoms with Gasteiger partial charge < -0.3 is 5.32 Å². The van der Waals surface area contributed by atoms with Gasteiger partial charge in [0.1, 0.15) is 12.1 Å². The lowest BCUT2D eigenvalue weighted by Gasteiger charge is -2.02. The highest BCUT2D eigenvalue weighted by Gasteiger charge is 2.11. The summed E-state index contributed by atoms with van der Waals surface area (Å²) >= 11 is 1.47. The number of aryl methyl sites for hydroxylation is 2. The molecule has 1 N–H and O–H groups in total. The first kappa shape index (κ1) is 12.7. The quantitative estimate of drug-likeness (QED) is 0.801. The summed E-state index contributed by atoms with van der Waals surface area (Å²) in [4.78, 5) is 17.4. The number of nitrogens with one attached hydrogen (secondary N) is 1. The standard InChI is InChI=1S/C13H13N5OS/c1-8-9(2)20-13(14-8)15-12(19)7-18-11-6-4-3-5-10(11)16-17-18/h3-6H,7H2,1-2H3,(H,14,15,19). The summed E-state index contributed by atoms with van der Waals surface area (Å²) in [5.41, 5.74) is 2.56. The molecule has 3 rings (SSSR count). The highest BCUT2D eigenvalue weighted by atomic mass is 32.1. The van der Waals surface area contributed by atoms with E-state index in [1.807, 2.05) is 38.1 Å². The SMILES string of the molecule is Cc1nc(NC(=O)Cn2nnc3ccccc32)sc1C. The van der Waals surface area contributed by atoms with Crippen molar-refractivity contribution in [3.8, 4) is 0 Å². The number of para-hydroxylation sites is 1. The molecule has 1 aromatic carbocycles. The van der Waals surface area contributed by atoms with Gasteiger partial charge in [0.05, 0.1) is 11.2 Å². The van der Waals surface area contributed by atoms with Crippen LogP contribution < -0.4 is 5.32 Å².